The van der Waals surface area contributed by atoms with Gasteiger partial charge in [0.2, 0.25) is 0 Å². The van der Waals surface area contributed by atoms with Crippen molar-refractivity contribution in [1.82, 2.24) is 4.57 Å². The second-order valence-electron chi connectivity index (χ2n) is 4.53. The maximum Gasteiger partial charge on any atom is 0.303 e. The number of carboxylic acids is 1. The third kappa shape index (κ3) is 2.23. The molecule has 18 heavy (non-hydrogen) atoms. The Bertz CT molecular complexity index is 601. The zero-order chi connectivity index (χ0) is 13.3. The van der Waals surface area contributed by atoms with E-state index in [2.05, 4.69) is 0 Å². The average Bonchev–Trinajstić information content (AvgIpc) is 2.54. The van der Waals surface area contributed by atoms with Crippen LogP contribution >= 0.6 is 0 Å². The van der Waals surface area contributed by atoms with Gasteiger partial charge in [-0.3, -0.25) is 4.79 Å². The standard InChI is InChI=1S/C14H16FNO2/c1-9-11(4-3-5-14(17)18)12-7-6-10(15)8-13(12)16(9)2/h6-8H,3-5H2,1-2H3,(H,17,18). The Morgan fingerprint density at radius 2 is 2.17 bits per heavy atom. The summed E-state index contributed by atoms with van der Waals surface area (Å²) in [5, 5.41) is 9.68. The first kappa shape index (κ1) is 12.6. The van der Waals surface area contributed by atoms with E-state index < -0.39 is 5.97 Å². The van der Waals surface area contributed by atoms with Crippen molar-refractivity contribution < 1.29 is 14.3 Å². The molecule has 4 heteroatoms. The van der Waals surface area contributed by atoms with Crippen molar-refractivity contribution in [2.24, 2.45) is 7.05 Å². The summed E-state index contributed by atoms with van der Waals surface area (Å²) >= 11 is 0. The minimum absolute atomic E-state index is 0.164. The molecule has 0 spiro atoms. The number of nitrogens with zero attached hydrogens (tertiary/aromatic N) is 1. The van der Waals surface area contributed by atoms with Gasteiger partial charge in [0.05, 0.1) is 5.52 Å². The number of halogens is 1. The van der Waals surface area contributed by atoms with Crippen LogP contribution in [0.5, 0.6) is 0 Å². The monoisotopic (exact) mass is 249 g/mol. The number of carbonyl (C=O) groups is 1. The molecule has 0 saturated heterocycles. The van der Waals surface area contributed by atoms with Crippen molar-refractivity contribution in [2.75, 3.05) is 0 Å². The second-order valence-corrected chi connectivity index (χ2v) is 4.53. The van der Waals surface area contributed by atoms with E-state index in [-0.39, 0.29) is 12.2 Å². The summed E-state index contributed by atoms with van der Waals surface area (Å²) in [5.41, 5.74) is 3.05. The fraction of sp³-hybridized carbons (Fsp3) is 0.357. The smallest absolute Gasteiger partial charge is 0.303 e. The highest BCUT2D eigenvalue weighted by Gasteiger charge is 2.12. The first-order valence-corrected chi connectivity index (χ1v) is 5.96. The molecule has 96 valence electrons. The summed E-state index contributed by atoms with van der Waals surface area (Å²) in [6, 6.07) is 4.74. The first-order valence-electron chi connectivity index (χ1n) is 5.96. The molecule has 0 fully saturated rings. The van der Waals surface area contributed by atoms with Gasteiger partial charge in [0.25, 0.3) is 0 Å². The number of hydrogen-bond acceptors (Lipinski definition) is 1. The maximum absolute atomic E-state index is 13.2. The van der Waals surface area contributed by atoms with Crippen LogP contribution in [0.3, 0.4) is 0 Å². The van der Waals surface area contributed by atoms with E-state index in [1.165, 1.54) is 12.1 Å². The molecule has 2 aromatic rings. The molecule has 0 saturated carbocycles. The molecule has 0 amide bonds. The van der Waals surface area contributed by atoms with Gasteiger partial charge in [-0.25, -0.2) is 4.39 Å². The van der Waals surface area contributed by atoms with Crippen LogP contribution in [-0.2, 0) is 18.3 Å². The summed E-state index contributed by atoms with van der Waals surface area (Å²) in [6.07, 6.45) is 1.48. The minimum atomic E-state index is -0.779. The lowest BCUT2D eigenvalue weighted by Gasteiger charge is -2.01. The van der Waals surface area contributed by atoms with E-state index in [1.54, 1.807) is 6.07 Å². The van der Waals surface area contributed by atoms with Crippen LogP contribution in [0.4, 0.5) is 4.39 Å². The van der Waals surface area contributed by atoms with Gasteiger partial charge >= 0.3 is 5.97 Å². The SMILES string of the molecule is Cc1c(CCCC(=O)O)c2ccc(F)cc2n1C. The van der Waals surface area contributed by atoms with E-state index in [0.29, 0.717) is 12.8 Å². The summed E-state index contributed by atoms with van der Waals surface area (Å²) in [4.78, 5) is 10.5. The predicted molar refractivity (Wildman–Crippen MR) is 68.2 cm³/mol. The number of carboxylic acid groups (broad SMARTS) is 1. The Morgan fingerprint density at radius 1 is 1.44 bits per heavy atom. The van der Waals surface area contributed by atoms with Crippen LogP contribution in [0.1, 0.15) is 24.1 Å². The number of fused-ring (bicyclic) bond motifs is 1. The number of aryl methyl sites for hydroxylation is 2. The number of aliphatic carboxylic acids is 1. The summed E-state index contributed by atoms with van der Waals surface area (Å²) in [7, 11) is 1.90. The van der Waals surface area contributed by atoms with Gasteiger partial charge in [0, 0.05) is 24.5 Å². The molecule has 1 N–H and O–H groups in total. The Labute approximate surface area is 105 Å². The van der Waals surface area contributed by atoms with Crippen LogP contribution in [0.2, 0.25) is 0 Å². The van der Waals surface area contributed by atoms with Gasteiger partial charge in [-0.05, 0) is 43.5 Å². The van der Waals surface area contributed by atoms with E-state index in [9.17, 15) is 9.18 Å². The zero-order valence-electron chi connectivity index (χ0n) is 10.5. The molecule has 1 aromatic carbocycles. The van der Waals surface area contributed by atoms with Crippen molar-refractivity contribution in [3.63, 3.8) is 0 Å². The molecule has 3 nitrogen and oxygen atoms in total. The quantitative estimate of drug-likeness (QED) is 0.905. The fourth-order valence-corrected chi connectivity index (χ4v) is 2.35. The Kier molecular flexibility index (Phi) is 3.36. The minimum Gasteiger partial charge on any atom is -0.481 e. The fourth-order valence-electron chi connectivity index (χ4n) is 2.35. The van der Waals surface area contributed by atoms with Crippen molar-refractivity contribution in [3.8, 4) is 0 Å². The van der Waals surface area contributed by atoms with Gasteiger partial charge in [0.1, 0.15) is 5.82 Å². The van der Waals surface area contributed by atoms with Crippen molar-refractivity contribution in [1.29, 1.82) is 0 Å². The average molecular weight is 249 g/mol. The van der Waals surface area contributed by atoms with E-state index in [4.69, 9.17) is 5.11 Å². The highest BCUT2D eigenvalue weighted by Crippen LogP contribution is 2.27. The van der Waals surface area contributed by atoms with Crippen LogP contribution in [0.25, 0.3) is 10.9 Å². The predicted octanol–water partition coefficient (Wildman–Crippen LogP) is 3.03. The summed E-state index contributed by atoms with van der Waals surface area (Å²) in [6.45, 7) is 1.98. The third-order valence-corrected chi connectivity index (χ3v) is 3.40. The maximum atomic E-state index is 13.2. The van der Waals surface area contributed by atoms with Gasteiger partial charge < -0.3 is 9.67 Å². The van der Waals surface area contributed by atoms with Gasteiger partial charge in [0.15, 0.2) is 0 Å². The highest BCUT2D eigenvalue weighted by atomic mass is 19.1. The van der Waals surface area contributed by atoms with Crippen LogP contribution in [0.15, 0.2) is 18.2 Å². The molecule has 0 atom stereocenters. The molecule has 0 radical (unpaired) electrons. The lowest BCUT2D eigenvalue weighted by molar-refractivity contribution is -0.137. The number of aromatic nitrogens is 1. The van der Waals surface area contributed by atoms with E-state index >= 15 is 0 Å². The Balaban J connectivity index is 2.38. The molecule has 1 heterocycles. The van der Waals surface area contributed by atoms with Crippen LogP contribution in [-0.4, -0.2) is 15.6 Å². The van der Waals surface area contributed by atoms with Gasteiger partial charge in [-0.1, -0.05) is 0 Å². The topological polar surface area (TPSA) is 42.2 Å². The first-order chi connectivity index (χ1) is 8.50. The molecule has 0 aliphatic carbocycles. The Morgan fingerprint density at radius 3 is 2.83 bits per heavy atom. The Hall–Kier alpha value is -1.84. The van der Waals surface area contributed by atoms with E-state index in [1.807, 2.05) is 18.5 Å². The molecule has 1 aromatic heterocycles. The molecular weight excluding hydrogens is 233 g/mol. The number of hydrogen-bond donors (Lipinski definition) is 1. The van der Waals surface area contributed by atoms with Crippen LogP contribution in [0, 0.1) is 12.7 Å². The second kappa shape index (κ2) is 4.80. The molecule has 0 bridgehead atoms. The normalized spacial score (nSPS) is 11.1. The van der Waals surface area contributed by atoms with Gasteiger partial charge in [-0.2, -0.15) is 0 Å². The van der Waals surface area contributed by atoms with Crippen LogP contribution < -0.4 is 0 Å². The largest absolute Gasteiger partial charge is 0.481 e. The van der Waals surface area contributed by atoms with Crippen molar-refractivity contribution in [3.05, 3.63) is 35.3 Å². The third-order valence-electron chi connectivity index (χ3n) is 3.40. The molecule has 0 aliphatic heterocycles. The van der Waals surface area contributed by atoms with Crippen molar-refractivity contribution >= 4 is 16.9 Å². The number of benzene rings is 1. The summed E-state index contributed by atoms with van der Waals surface area (Å²) in [5.74, 6) is -1.03. The lowest BCUT2D eigenvalue weighted by atomic mass is 10.0. The molecule has 0 aliphatic rings. The molecule has 0 unspecified atom stereocenters. The lowest BCUT2D eigenvalue weighted by Crippen LogP contribution is -1.97. The van der Waals surface area contributed by atoms with Crippen molar-refractivity contribution in [2.45, 2.75) is 26.2 Å². The highest BCUT2D eigenvalue weighted by molar-refractivity contribution is 5.85. The molecular formula is C14H16FNO2. The van der Waals surface area contributed by atoms with E-state index in [0.717, 1.165) is 22.2 Å². The molecule has 2 rings (SSSR count). The van der Waals surface area contributed by atoms with Gasteiger partial charge in [-0.15, -0.1) is 0 Å². The summed E-state index contributed by atoms with van der Waals surface area (Å²) < 4.78 is 15.2. The zero-order valence-corrected chi connectivity index (χ0v) is 10.5. The number of rotatable bonds is 4.